The lowest BCUT2D eigenvalue weighted by molar-refractivity contribution is -0.147. The Hall–Kier alpha value is -1.31. The van der Waals surface area contributed by atoms with Crippen molar-refractivity contribution in [3.63, 3.8) is 0 Å². The molecule has 0 aromatic carbocycles. The first-order chi connectivity index (χ1) is 10.1. The largest absolute Gasteiger partial charge is 0.481 e. The first-order valence-corrected chi connectivity index (χ1v) is 9.45. The average Bonchev–Trinajstić information content (AvgIpc) is 3.03. The summed E-state index contributed by atoms with van der Waals surface area (Å²) in [6, 6.07) is -0.375. The van der Waals surface area contributed by atoms with Crippen LogP contribution in [0.4, 0.5) is 4.79 Å². The molecule has 0 spiro atoms. The minimum absolute atomic E-state index is 0.102. The number of nitrogens with one attached hydrogen (secondary N) is 1. The SMILES string of the molecule is CC1(C(=O)O)CCN(C(=O)NCC2(S(C)(=O)=O)CCCC2)C1. The van der Waals surface area contributed by atoms with Crippen LogP contribution >= 0.6 is 0 Å². The van der Waals surface area contributed by atoms with Crippen molar-refractivity contribution >= 4 is 21.8 Å². The molecule has 2 fully saturated rings. The molecule has 1 atom stereocenters. The molecule has 126 valence electrons. The maximum Gasteiger partial charge on any atom is 0.317 e. The summed E-state index contributed by atoms with van der Waals surface area (Å²) in [6.45, 7) is 2.25. The Bertz CT molecular complexity index is 568. The lowest BCUT2D eigenvalue weighted by Gasteiger charge is -2.28. The first-order valence-electron chi connectivity index (χ1n) is 7.55. The maximum atomic E-state index is 12.2. The molecular formula is C14H24N2O5S. The average molecular weight is 332 g/mol. The van der Waals surface area contributed by atoms with Gasteiger partial charge in [0.05, 0.1) is 10.2 Å². The second-order valence-electron chi connectivity index (χ2n) is 6.86. The van der Waals surface area contributed by atoms with Gasteiger partial charge in [-0.05, 0) is 26.2 Å². The quantitative estimate of drug-likeness (QED) is 0.794. The molecular weight excluding hydrogens is 308 g/mol. The van der Waals surface area contributed by atoms with Gasteiger partial charge in [-0.2, -0.15) is 0 Å². The number of carboxylic acids is 1. The van der Waals surface area contributed by atoms with Gasteiger partial charge in [0.25, 0.3) is 0 Å². The Morgan fingerprint density at radius 2 is 1.82 bits per heavy atom. The summed E-state index contributed by atoms with van der Waals surface area (Å²) in [6.07, 6.45) is 4.47. The molecule has 22 heavy (non-hydrogen) atoms. The summed E-state index contributed by atoms with van der Waals surface area (Å²) in [5, 5.41) is 11.9. The van der Waals surface area contributed by atoms with E-state index in [2.05, 4.69) is 5.32 Å². The summed E-state index contributed by atoms with van der Waals surface area (Å²) in [4.78, 5) is 24.9. The number of carbonyl (C=O) groups excluding carboxylic acids is 1. The van der Waals surface area contributed by atoms with Crippen LogP contribution in [0.2, 0.25) is 0 Å². The Morgan fingerprint density at radius 3 is 2.27 bits per heavy atom. The minimum Gasteiger partial charge on any atom is -0.481 e. The fourth-order valence-corrected chi connectivity index (χ4v) is 4.72. The highest BCUT2D eigenvalue weighted by molar-refractivity contribution is 7.92. The number of carbonyl (C=O) groups is 2. The summed E-state index contributed by atoms with van der Waals surface area (Å²) in [5.74, 6) is -0.911. The smallest absolute Gasteiger partial charge is 0.317 e. The number of aliphatic carboxylic acids is 1. The highest BCUT2D eigenvalue weighted by Gasteiger charge is 2.45. The third kappa shape index (κ3) is 3.06. The molecule has 1 unspecified atom stereocenters. The zero-order chi connectivity index (χ0) is 16.6. The monoisotopic (exact) mass is 332 g/mol. The number of rotatable bonds is 4. The summed E-state index contributed by atoms with van der Waals surface area (Å²) >= 11 is 0. The standard InChI is InChI=1S/C14H24N2O5S/c1-13(11(17)18)7-8-16(10-13)12(19)15-9-14(22(2,20)21)5-3-4-6-14/h3-10H2,1-2H3,(H,15,19)(H,17,18). The van der Waals surface area contributed by atoms with Gasteiger partial charge >= 0.3 is 12.0 Å². The molecule has 2 aliphatic rings. The van der Waals surface area contributed by atoms with Crippen molar-refractivity contribution in [2.45, 2.75) is 43.8 Å². The summed E-state index contributed by atoms with van der Waals surface area (Å²) in [7, 11) is -3.25. The van der Waals surface area contributed by atoms with Crippen molar-refractivity contribution in [2.75, 3.05) is 25.9 Å². The maximum absolute atomic E-state index is 12.2. The minimum atomic E-state index is -3.25. The Kier molecular flexibility index (Phi) is 4.43. The van der Waals surface area contributed by atoms with E-state index >= 15 is 0 Å². The molecule has 0 aromatic heterocycles. The number of sulfone groups is 1. The first kappa shape index (κ1) is 17.1. The number of nitrogens with zero attached hydrogens (tertiary/aromatic N) is 1. The van der Waals surface area contributed by atoms with Gasteiger partial charge in [0.2, 0.25) is 0 Å². The molecule has 2 N–H and O–H groups in total. The number of carboxylic acid groups (broad SMARTS) is 1. The fraction of sp³-hybridized carbons (Fsp3) is 0.857. The summed E-state index contributed by atoms with van der Waals surface area (Å²) < 4.78 is 23.2. The van der Waals surface area contributed by atoms with Gasteiger partial charge in [0, 0.05) is 25.9 Å². The van der Waals surface area contributed by atoms with Crippen molar-refractivity contribution in [3.8, 4) is 0 Å². The lowest BCUT2D eigenvalue weighted by atomic mass is 9.90. The van der Waals surface area contributed by atoms with E-state index in [1.165, 1.54) is 11.2 Å². The van der Waals surface area contributed by atoms with E-state index in [9.17, 15) is 23.1 Å². The predicted octanol–water partition coefficient (Wildman–Crippen LogP) is 0.850. The van der Waals surface area contributed by atoms with Crippen LogP contribution in [0.1, 0.15) is 39.0 Å². The Balaban J connectivity index is 1.97. The van der Waals surface area contributed by atoms with Crippen LogP contribution in [-0.4, -0.2) is 61.1 Å². The van der Waals surface area contributed by atoms with Crippen molar-refractivity contribution in [3.05, 3.63) is 0 Å². The molecule has 0 radical (unpaired) electrons. The van der Waals surface area contributed by atoms with Crippen LogP contribution in [0.5, 0.6) is 0 Å². The van der Waals surface area contributed by atoms with Crippen LogP contribution < -0.4 is 5.32 Å². The van der Waals surface area contributed by atoms with Crippen LogP contribution in [0.15, 0.2) is 0 Å². The molecule has 1 heterocycles. The van der Waals surface area contributed by atoms with Crippen LogP contribution in [-0.2, 0) is 14.6 Å². The molecule has 2 amide bonds. The zero-order valence-electron chi connectivity index (χ0n) is 13.1. The highest BCUT2D eigenvalue weighted by atomic mass is 32.2. The third-order valence-corrected chi connectivity index (χ3v) is 7.27. The molecule has 2 rings (SSSR count). The van der Waals surface area contributed by atoms with Crippen LogP contribution in [0, 0.1) is 5.41 Å². The van der Waals surface area contributed by atoms with Crippen LogP contribution in [0.3, 0.4) is 0 Å². The number of hydrogen-bond donors (Lipinski definition) is 2. The third-order valence-electron chi connectivity index (χ3n) is 5.14. The van der Waals surface area contributed by atoms with E-state index in [1.54, 1.807) is 6.92 Å². The Labute approximate surface area is 131 Å². The molecule has 7 nitrogen and oxygen atoms in total. The highest BCUT2D eigenvalue weighted by Crippen LogP contribution is 2.36. The molecule has 8 heteroatoms. The molecule has 1 aliphatic carbocycles. The second kappa shape index (κ2) is 5.72. The molecule has 1 aliphatic heterocycles. The van der Waals surface area contributed by atoms with Gasteiger partial charge < -0.3 is 15.3 Å². The topological polar surface area (TPSA) is 104 Å². The predicted molar refractivity (Wildman–Crippen MR) is 81.4 cm³/mol. The van der Waals surface area contributed by atoms with Crippen molar-refractivity contribution in [2.24, 2.45) is 5.41 Å². The normalized spacial score (nSPS) is 27.8. The summed E-state index contributed by atoms with van der Waals surface area (Å²) in [5.41, 5.74) is -0.917. The second-order valence-corrected chi connectivity index (χ2v) is 9.27. The number of urea groups is 1. The van der Waals surface area contributed by atoms with Gasteiger partial charge in [-0.15, -0.1) is 0 Å². The van der Waals surface area contributed by atoms with E-state index in [4.69, 9.17) is 0 Å². The van der Waals surface area contributed by atoms with Crippen molar-refractivity contribution in [1.82, 2.24) is 10.2 Å². The Morgan fingerprint density at radius 1 is 1.23 bits per heavy atom. The van der Waals surface area contributed by atoms with Gasteiger partial charge in [0.15, 0.2) is 9.84 Å². The molecule has 1 saturated heterocycles. The van der Waals surface area contributed by atoms with E-state index < -0.39 is 26.0 Å². The van der Waals surface area contributed by atoms with Gasteiger partial charge in [-0.1, -0.05) is 12.8 Å². The van der Waals surface area contributed by atoms with E-state index in [-0.39, 0.29) is 19.1 Å². The number of hydrogen-bond acceptors (Lipinski definition) is 4. The van der Waals surface area contributed by atoms with Gasteiger partial charge in [-0.3, -0.25) is 4.79 Å². The van der Waals surface area contributed by atoms with E-state index in [0.717, 1.165) is 12.8 Å². The number of amides is 2. The van der Waals surface area contributed by atoms with E-state index in [1.807, 2.05) is 0 Å². The molecule has 0 aromatic rings. The molecule has 0 bridgehead atoms. The van der Waals surface area contributed by atoms with Gasteiger partial charge in [0.1, 0.15) is 0 Å². The van der Waals surface area contributed by atoms with Crippen LogP contribution in [0.25, 0.3) is 0 Å². The van der Waals surface area contributed by atoms with Crippen molar-refractivity contribution < 1.29 is 23.1 Å². The van der Waals surface area contributed by atoms with Crippen molar-refractivity contribution in [1.29, 1.82) is 0 Å². The number of likely N-dealkylation sites (tertiary alicyclic amines) is 1. The zero-order valence-corrected chi connectivity index (χ0v) is 13.9. The lowest BCUT2D eigenvalue weighted by Crippen LogP contribution is -2.50. The van der Waals surface area contributed by atoms with E-state index in [0.29, 0.717) is 25.8 Å². The molecule has 1 saturated carbocycles. The van der Waals surface area contributed by atoms with Gasteiger partial charge in [-0.25, -0.2) is 13.2 Å². The fourth-order valence-electron chi connectivity index (χ4n) is 3.36.